The standard InChI is InChI=1S/C13H12ClN3O/c1-13(2,18)7-3-4-9-8(5-7)10-11(14)15-6-16-12(10)17-9/h3-6,18H,1-2H3,(H,15,16,17). The van der Waals surface area contributed by atoms with Crippen molar-refractivity contribution < 1.29 is 5.11 Å². The van der Waals surface area contributed by atoms with Crippen LogP contribution in [0.5, 0.6) is 0 Å². The van der Waals surface area contributed by atoms with Crippen LogP contribution in [-0.4, -0.2) is 20.1 Å². The van der Waals surface area contributed by atoms with Crippen molar-refractivity contribution in [1.29, 1.82) is 0 Å². The zero-order valence-electron chi connectivity index (χ0n) is 10.0. The van der Waals surface area contributed by atoms with Crippen molar-refractivity contribution in [2.24, 2.45) is 0 Å². The highest BCUT2D eigenvalue weighted by Crippen LogP contribution is 2.31. The molecular formula is C13H12ClN3O. The maximum absolute atomic E-state index is 10.1. The van der Waals surface area contributed by atoms with Gasteiger partial charge in [-0.05, 0) is 31.5 Å². The number of rotatable bonds is 1. The topological polar surface area (TPSA) is 61.8 Å². The monoisotopic (exact) mass is 261 g/mol. The lowest BCUT2D eigenvalue weighted by Crippen LogP contribution is -2.14. The summed E-state index contributed by atoms with van der Waals surface area (Å²) in [5, 5.41) is 12.2. The third-order valence-electron chi connectivity index (χ3n) is 3.05. The molecule has 2 aromatic heterocycles. The van der Waals surface area contributed by atoms with E-state index in [0.717, 1.165) is 21.9 Å². The van der Waals surface area contributed by atoms with Crippen molar-refractivity contribution in [1.82, 2.24) is 15.0 Å². The van der Waals surface area contributed by atoms with Crippen LogP contribution in [0, 0.1) is 0 Å². The normalized spacial score (nSPS) is 12.4. The van der Waals surface area contributed by atoms with Crippen molar-refractivity contribution in [2.75, 3.05) is 0 Å². The number of nitrogens with one attached hydrogen (secondary N) is 1. The number of hydrogen-bond donors (Lipinski definition) is 2. The lowest BCUT2D eigenvalue weighted by atomic mass is 9.97. The Balaban J connectivity index is 2.42. The van der Waals surface area contributed by atoms with E-state index in [1.807, 2.05) is 18.2 Å². The van der Waals surface area contributed by atoms with Gasteiger partial charge in [0.1, 0.15) is 17.1 Å². The number of aromatic nitrogens is 3. The molecule has 0 saturated carbocycles. The van der Waals surface area contributed by atoms with E-state index >= 15 is 0 Å². The van der Waals surface area contributed by atoms with Crippen LogP contribution in [0.25, 0.3) is 21.9 Å². The van der Waals surface area contributed by atoms with Gasteiger partial charge in [-0.1, -0.05) is 17.7 Å². The van der Waals surface area contributed by atoms with Crippen molar-refractivity contribution in [3.63, 3.8) is 0 Å². The van der Waals surface area contributed by atoms with E-state index in [-0.39, 0.29) is 0 Å². The predicted molar refractivity (Wildman–Crippen MR) is 71.6 cm³/mol. The molecule has 5 heteroatoms. The largest absolute Gasteiger partial charge is 0.386 e. The molecule has 92 valence electrons. The second-order valence-electron chi connectivity index (χ2n) is 4.83. The van der Waals surface area contributed by atoms with Gasteiger partial charge in [-0.15, -0.1) is 0 Å². The summed E-state index contributed by atoms with van der Waals surface area (Å²) >= 11 is 6.11. The van der Waals surface area contributed by atoms with E-state index in [9.17, 15) is 5.11 Å². The molecule has 0 spiro atoms. The Kier molecular flexibility index (Phi) is 2.33. The molecule has 0 saturated heterocycles. The van der Waals surface area contributed by atoms with Gasteiger partial charge in [0.25, 0.3) is 0 Å². The number of aromatic amines is 1. The predicted octanol–water partition coefficient (Wildman–Crippen LogP) is 2.99. The molecule has 18 heavy (non-hydrogen) atoms. The third kappa shape index (κ3) is 1.65. The lowest BCUT2D eigenvalue weighted by Gasteiger charge is -2.17. The van der Waals surface area contributed by atoms with Crippen molar-refractivity contribution in [3.8, 4) is 0 Å². The summed E-state index contributed by atoms with van der Waals surface area (Å²) in [7, 11) is 0. The molecule has 4 nitrogen and oxygen atoms in total. The summed E-state index contributed by atoms with van der Waals surface area (Å²) in [5.74, 6) is 0. The van der Waals surface area contributed by atoms with Crippen LogP contribution in [0.1, 0.15) is 19.4 Å². The molecule has 1 aromatic carbocycles. The van der Waals surface area contributed by atoms with E-state index in [2.05, 4.69) is 15.0 Å². The number of hydrogen-bond acceptors (Lipinski definition) is 3. The smallest absolute Gasteiger partial charge is 0.143 e. The number of fused-ring (bicyclic) bond motifs is 3. The fourth-order valence-electron chi connectivity index (χ4n) is 2.07. The highest BCUT2D eigenvalue weighted by molar-refractivity contribution is 6.36. The zero-order valence-corrected chi connectivity index (χ0v) is 10.8. The van der Waals surface area contributed by atoms with Gasteiger partial charge in [0.05, 0.1) is 11.0 Å². The fraction of sp³-hybridized carbons (Fsp3) is 0.231. The number of aliphatic hydroxyl groups is 1. The first-order valence-corrected chi connectivity index (χ1v) is 5.99. The molecule has 0 bridgehead atoms. The van der Waals surface area contributed by atoms with E-state index in [4.69, 9.17) is 11.6 Å². The van der Waals surface area contributed by atoms with E-state index < -0.39 is 5.60 Å². The molecule has 3 aromatic rings. The second kappa shape index (κ2) is 3.67. The third-order valence-corrected chi connectivity index (χ3v) is 3.34. The molecule has 0 fully saturated rings. The summed E-state index contributed by atoms with van der Waals surface area (Å²) < 4.78 is 0. The molecule has 0 atom stereocenters. The summed E-state index contributed by atoms with van der Waals surface area (Å²) in [5.41, 5.74) is 1.58. The number of halogens is 1. The van der Waals surface area contributed by atoms with Crippen LogP contribution in [0.2, 0.25) is 5.15 Å². The molecule has 0 amide bonds. The maximum Gasteiger partial charge on any atom is 0.143 e. The van der Waals surface area contributed by atoms with Crippen LogP contribution < -0.4 is 0 Å². The minimum absolute atomic E-state index is 0.416. The Morgan fingerprint density at radius 1 is 1.28 bits per heavy atom. The van der Waals surface area contributed by atoms with Gasteiger partial charge in [0.15, 0.2) is 0 Å². The Morgan fingerprint density at radius 3 is 2.78 bits per heavy atom. The molecule has 2 heterocycles. The Hall–Kier alpha value is -1.65. The average Bonchev–Trinajstić information content (AvgIpc) is 2.66. The van der Waals surface area contributed by atoms with Gasteiger partial charge < -0.3 is 10.1 Å². The molecule has 0 aliphatic heterocycles. The van der Waals surface area contributed by atoms with Gasteiger partial charge in [-0.25, -0.2) is 9.97 Å². The molecule has 2 N–H and O–H groups in total. The highest BCUT2D eigenvalue weighted by atomic mass is 35.5. The first-order valence-electron chi connectivity index (χ1n) is 5.61. The first-order chi connectivity index (χ1) is 8.47. The molecular weight excluding hydrogens is 250 g/mol. The first kappa shape index (κ1) is 11.4. The van der Waals surface area contributed by atoms with E-state index in [1.165, 1.54) is 6.33 Å². The zero-order chi connectivity index (χ0) is 12.9. The number of nitrogens with zero attached hydrogens (tertiary/aromatic N) is 2. The Morgan fingerprint density at radius 2 is 2.06 bits per heavy atom. The summed E-state index contributed by atoms with van der Waals surface area (Å²) in [6.45, 7) is 3.50. The van der Waals surface area contributed by atoms with Crippen molar-refractivity contribution in [2.45, 2.75) is 19.4 Å². The van der Waals surface area contributed by atoms with Crippen LogP contribution in [0.4, 0.5) is 0 Å². The van der Waals surface area contributed by atoms with Crippen molar-refractivity contribution in [3.05, 3.63) is 35.2 Å². The van der Waals surface area contributed by atoms with Gasteiger partial charge in [0, 0.05) is 10.9 Å². The molecule has 0 radical (unpaired) electrons. The van der Waals surface area contributed by atoms with Crippen LogP contribution in [0.15, 0.2) is 24.5 Å². The average molecular weight is 262 g/mol. The lowest BCUT2D eigenvalue weighted by molar-refractivity contribution is 0.0787. The number of H-pyrrole nitrogens is 1. The van der Waals surface area contributed by atoms with Crippen LogP contribution >= 0.6 is 11.6 Å². The quantitative estimate of drug-likeness (QED) is 0.662. The highest BCUT2D eigenvalue weighted by Gasteiger charge is 2.18. The van der Waals surface area contributed by atoms with Gasteiger partial charge in [-0.3, -0.25) is 0 Å². The molecule has 0 aliphatic carbocycles. The fourth-order valence-corrected chi connectivity index (χ4v) is 2.30. The van der Waals surface area contributed by atoms with E-state index in [0.29, 0.717) is 10.8 Å². The summed E-state index contributed by atoms with van der Waals surface area (Å²) in [4.78, 5) is 11.3. The van der Waals surface area contributed by atoms with Gasteiger partial charge in [0.2, 0.25) is 0 Å². The molecule has 0 aliphatic rings. The second-order valence-corrected chi connectivity index (χ2v) is 5.19. The van der Waals surface area contributed by atoms with E-state index in [1.54, 1.807) is 13.8 Å². The minimum atomic E-state index is -0.889. The summed E-state index contributed by atoms with van der Waals surface area (Å²) in [6, 6.07) is 5.73. The Labute approximate surface area is 109 Å². The molecule has 3 rings (SSSR count). The Bertz CT molecular complexity index is 743. The van der Waals surface area contributed by atoms with Gasteiger partial charge >= 0.3 is 0 Å². The van der Waals surface area contributed by atoms with Crippen LogP contribution in [-0.2, 0) is 5.60 Å². The SMILES string of the molecule is CC(C)(O)c1ccc2[nH]c3ncnc(Cl)c3c2c1. The number of benzene rings is 1. The maximum atomic E-state index is 10.1. The summed E-state index contributed by atoms with van der Waals surface area (Å²) in [6.07, 6.45) is 1.43. The minimum Gasteiger partial charge on any atom is -0.386 e. The van der Waals surface area contributed by atoms with Crippen LogP contribution in [0.3, 0.4) is 0 Å². The van der Waals surface area contributed by atoms with Crippen molar-refractivity contribution >= 4 is 33.5 Å². The molecule has 0 unspecified atom stereocenters. The van der Waals surface area contributed by atoms with Gasteiger partial charge in [-0.2, -0.15) is 0 Å².